The number of hydrogen-bond acceptors (Lipinski definition) is 8. The minimum atomic E-state index is -0.834. The number of anilines is 6. The average molecular weight is 731 g/mol. The van der Waals surface area contributed by atoms with Crippen molar-refractivity contribution < 1.29 is 29.0 Å². The maximum atomic E-state index is 14.6. The standard InChI is InChI=1S/C45H38N4O6/c1-55-32-20-23-38(50)36(24-32)39-33-21-22-34-40(44(53)48(42(34)51)30-16-12-28(13-17-30)46-26-8-4-2-5-9-26)35(33)25-37-41(39)45(54)49(43(37)52)31-18-14-29(15-19-31)47-27-10-6-3-7-11-27/h2-21,23-24,34-35,37,39-41,46-47,50H,22,25H2,1H3. The van der Waals surface area contributed by atoms with Crippen molar-refractivity contribution in [1.29, 1.82) is 0 Å². The number of rotatable bonds is 8. The van der Waals surface area contributed by atoms with Crippen molar-refractivity contribution in [3.8, 4) is 11.5 Å². The average Bonchev–Trinajstić information content (AvgIpc) is 3.62. The van der Waals surface area contributed by atoms with Crippen LogP contribution in [0.4, 0.5) is 34.1 Å². The van der Waals surface area contributed by atoms with E-state index in [2.05, 4.69) is 10.6 Å². The number of aromatic hydroxyl groups is 1. The molecule has 2 heterocycles. The van der Waals surface area contributed by atoms with Gasteiger partial charge in [0.2, 0.25) is 23.6 Å². The summed E-state index contributed by atoms with van der Waals surface area (Å²) >= 11 is 0. The second kappa shape index (κ2) is 13.6. The lowest BCUT2D eigenvalue weighted by Gasteiger charge is -2.44. The lowest BCUT2D eigenvalue weighted by molar-refractivity contribution is -0.126. The molecule has 10 heteroatoms. The maximum Gasteiger partial charge on any atom is 0.238 e. The van der Waals surface area contributed by atoms with Crippen LogP contribution in [-0.2, 0) is 19.2 Å². The molecule has 2 aliphatic carbocycles. The molecule has 10 nitrogen and oxygen atoms in total. The van der Waals surface area contributed by atoms with E-state index in [1.54, 1.807) is 36.4 Å². The van der Waals surface area contributed by atoms with Crippen molar-refractivity contribution in [3.63, 3.8) is 0 Å². The van der Waals surface area contributed by atoms with Gasteiger partial charge in [0.05, 0.1) is 42.2 Å². The molecule has 2 saturated heterocycles. The van der Waals surface area contributed by atoms with Crippen molar-refractivity contribution in [3.05, 3.63) is 145 Å². The Morgan fingerprint density at radius 1 is 0.582 bits per heavy atom. The zero-order valence-electron chi connectivity index (χ0n) is 30.0. The first-order chi connectivity index (χ1) is 26.8. The smallest absolute Gasteiger partial charge is 0.238 e. The highest BCUT2D eigenvalue weighted by atomic mass is 16.5. The van der Waals surface area contributed by atoms with Crippen molar-refractivity contribution in [2.45, 2.75) is 18.8 Å². The number of phenolic OH excluding ortho intramolecular Hbond substituents is 1. The van der Waals surface area contributed by atoms with Crippen LogP contribution in [0.15, 0.2) is 139 Å². The van der Waals surface area contributed by atoms with Crippen LogP contribution in [0.5, 0.6) is 11.5 Å². The Kier molecular flexibility index (Phi) is 8.45. The second-order valence-corrected chi connectivity index (χ2v) is 14.5. The van der Waals surface area contributed by atoms with Crippen molar-refractivity contribution in [1.82, 2.24) is 0 Å². The van der Waals surface area contributed by atoms with Crippen LogP contribution in [0.25, 0.3) is 0 Å². The zero-order valence-corrected chi connectivity index (χ0v) is 30.0. The molecule has 0 spiro atoms. The van der Waals surface area contributed by atoms with E-state index in [0.29, 0.717) is 29.1 Å². The Labute approximate surface area is 318 Å². The van der Waals surface area contributed by atoms with Crippen molar-refractivity contribution in [2.75, 3.05) is 27.5 Å². The molecule has 55 heavy (non-hydrogen) atoms. The SMILES string of the molecule is COc1ccc(O)c(C2C3=CCC4C(=O)N(c5ccc(Nc6ccccc6)cc5)C(=O)C4C3CC3C(=O)N(c4ccc(Nc5ccccc5)cc4)C(=O)C32)c1. The Morgan fingerprint density at radius 3 is 1.64 bits per heavy atom. The first-order valence-electron chi connectivity index (χ1n) is 18.5. The number of nitrogens with zero attached hydrogens (tertiary/aromatic N) is 2. The first-order valence-corrected chi connectivity index (χ1v) is 18.5. The summed E-state index contributed by atoms with van der Waals surface area (Å²) < 4.78 is 5.54. The molecule has 4 aliphatic rings. The van der Waals surface area contributed by atoms with E-state index in [1.807, 2.05) is 91.0 Å². The number of ether oxygens (including phenoxy) is 1. The van der Waals surface area contributed by atoms with Crippen LogP contribution in [0.1, 0.15) is 24.3 Å². The summed E-state index contributed by atoms with van der Waals surface area (Å²) in [5.74, 6) is -5.08. The molecule has 5 aromatic carbocycles. The van der Waals surface area contributed by atoms with E-state index >= 15 is 0 Å². The van der Waals surface area contributed by atoms with Crippen molar-refractivity contribution in [2.24, 2.45) is 29.6 Å². The summed E-state index contributed by atoms with van der Waals surface area (Å²) in [7, 11) is 1.52. The van der Waals surface area contributed by atoms with Gasteiger partial charge < -0.3 is 20.5 Å². The van der Waals surface area contributed by atoms with Gasteiger partial charge in [-0.05, 0) is 110 Å². The lowest BCUT2D eigenvalue weighted by Crippen LogP contribution is -2.43. The van der Waals surface area contributed by atoms with Gasteiger partial charge in [-0.3, -0.25) is 29.0 Å². The van der Waals surface area contributed by atoms with E-state index in [9.17, 15) is 24.3 Å². The molecule has 6 unspecified atom stereocenters. The highest BCUT2D eigenvalue weighted by molar-refractivity contribution is 6.24. The maximum absolute atomic E-state index is 14.6. The minimum Gasteiger partial charge on any atom is -0.508 e. The number of phenols is 1. The van der Waals surface area contributed by atoms with Crippen LogP contribution in [0.3, 0.4) is 0 Å². The van der Waals surface area contributed by atoms with Gasteiger partial charge in [0, 0.05) is 34.2 Å². The number of para-hydroxylation sites is 2. The van der Waals surface area contributed by atoms with Gasteiger partial charge in [-0.15, -0.1) is 0 Å². The van der Waals surface area contributed by atoms with Crippen LogP contribution in [-0.4, -0.2) is 35.8 Å². The summed E-state index contributed by atoms with van der Waals surface area (Å²) in [6.07, 6.45) is 2.49. The Morgan fingerprint density at radius 2 is 1.09 bits per heavy atom. The molecule has 2 aliphatic heterocycles. The van der Waals surface area contributed by atoms with Crippen LogP contribution < -0.4 is 25.2 Å². The van der Waals surface area contributed by atoms with Gasteiger partial charge in [0.1, 0.15) is 11.5 Å². The number of imide groups is 2. The Balaban J connectivity index is 1.05. The zero-order chi connectivity index (χ0) is 37.8. The first kappa shape index (κ1) is 34.1. The number of fused-ring (bicyclic) bond motifs is 4. The van der Waals surface area contributed by atoms with E-state index in [4.69, 9.17) is 4.74 Å². The third kappa shape index (κ3) is 5.81. The molecule has 3 N–H and O–H groups in total. The summed E-state index contributed by atoms with van der Waals surface area (Å²) in [4.78, 5) is 60.2. The largest absolute Gasteiger partial charge is 0.508 e. The molecule has 274 valence electrons. The number of methoxy groups -OCH3 is 1. The molecule has 3 fully saturated rings. The van der Waals surface area contributed by atoms with Crippen LogP contribution in [0.2, 0.25) is 0 Å². The monoisotopic (exact) mass is 730 g/mol. The molecule has 0 radical (unpaired) electrons. The van der Waals surface area contributed by atoms with Gasteiger partial charge >= 0.3 is 0 Å². The fourth-order valence-corrected chi connectivity index (χ4v) is 9.12. The minimum absolute atomic E-state index is 0.0390. The van der Waals surface area contributed by atoms with Gasteiger partial charge in [0.15, 0.2) is 0 Å². The van der Waals surface area contributed by atoms with Crippen molar-refractivity contribution >= 4 is 57.8 Å². The molecule has 6 atom stereocenters. The predicted molar refractivity (Wildman–Crippen MR) is 209 cm³/mol. The van der Waals surface area contributed by atoms with Gasteiger partial charge in [-0.25, -0.2) is 0 Å². The number of nitrogens with one attached hydrogen (secondary N) is 2. The van der Waals surface area contributed by atoms with Gasteiger partial charge in [-0.2, -0.15) is 0 Å². The molecule has 0 bridgehead atoms. The molecular weight excluding hydrogens is 693 g/mol. The Hall–Kier alpha value is -6.68. The third-order valence-electron chi connectivity index (χ3n) is 11.6. The summed E-state index contributed by atoms with van der Waals surface area (Å²) in [6, 6.07) is 38.6. The lowest BCUT2D eigenvalue weighted by atomic mass is 9.57. The number of hydrogen-bond donors (Lipinski definition) is 3. The summed E-state index contributed by atoms with van der Waals surface area (Å²) in [5, 5.41) is 18.0. The normalized spacial score (nSPS) is 24.2. The number of carbonyl (C=O) groups excluding carboxylic acids is 4. The number of carbonyl (C=O) groups is 4. The predicted octanol–water partition coefficient (Wildman–Crippen LogP) is 7.93. The molecule has 4 amide bonds. The van der Waals surface area contributed by atoms with Crippen LogP contribution >= 0.6 is 0 Å². The topological polar surface area (TPSA) is 128 Å². The fraction of sp³-hybridized carbons (Fsp3) is 0.200. The molecule has 1 saturated carbocycles. The number of allylic oxidation sites excluding steroid dienone is 2. The second-order valence-electron chi connectivity index (χ2n) is 14.5. The van der Waals surface area contributed by atoms with Crippen LogP contribution in [0, 0.1) is 29.6 Å². The Bertz CT molecular complexity index is 2350. The molecule has 9 rings (SSSR count). The van der Waals surface area contributed by atoms with Gasteiger partial charge in [-0.1, -0.05) is 48.0 Å². The van der Waals surface area contributed by atoms with Gasteiger partial charge in [0.25, 0.3) is 0 Å². The highest BCUT2D eigenvalue weighted by Crippen LogP contribution is 2.59. The molecule has 0 aromatic heterocycles. The third-order valence-corrected chi connectivity index (χ3v) is 11.6. The molecule has 5 aromatic rings. The fourth-order valence-electron chi connectivity index (χ4n) is 9.12. The van der Waals surface area contributed by atoms with E-state index in [0.717, 1.165) is 28.3 Å². The van der Waals surface area contributed by atoms with E-state index < -0.39 is 35.5 Å². The van der Waals surface area contributed by atoms with E-state index in [1.165, 1.54) is 23.0 Å². The highest BCUT2D eigenvalue weighted by Gasteiger charge is 2.62. The number of benzene rings is 5. The quantitative estimate of drug-likeness (QED) is 0.109. The van der Waals surface area contributed by atoms with E-state index in [-0.39, 0.29) is 35.8 Å². The summed E-state index contributed by atoms with van der Waals surface area (Å²) in [6.45, 7) is 0. The number of amides is 4. The molecular formula is C45H38N4O6. The summed E-state index contributed by atoms with van der Waals surface area (Å²) in [5.41, 5.74) is 5.58.